The Hall–Kier alpha value is -3.48. The van der Waals surface area contributed by atoms with Gasteiger partial charge in [0.25, 0.3) is 5.91 Å². The second-order valence-corrected chi connectivity index (χ2v) is 8.27. The maximum absolute atomic E-state index is 13.0. The zero-order valence-electron chi connectivity index (χ0n) is 16.0. The van der Waals surface area contributed by atoms with E-state index in [4.69, 9.17) is 0 Å². The molecule has 2 bridgehead atoms. The zero-order chi connectivity index (χ0) is 21.0. The Morgan fingerprint density at radius 2 is 1.53 bits per heavy atom. The Kier molecular flexibility index (Phi) is 4.20. The average molecular weight is 403 g/mol. The molecule has 3 amide bonds. The smallest absolute Gasteiger partial charge is 0.255 e. The summed E-state index contributed by atoms with van der Waals surface area (Å²) in [5, 5.41) is 13.5. The van der Waals surface area contributed by atoms with Gasteiger partial charge in [0.05, 0.1) is 23.5 Å². The molecule has 7 nitrogen and oxygen atoms in total. The Morgan fingerprint density at radius 3 is 2.13 bits per heavy atom. The highest BCUT2D eigenvalue weighted by Crippen LogP contribution is 2.56. The van der Waals surface area contributed by atoms with Crippen LogP contribution in [0.1, 0.15) is 40.0 Å². The molecule has 0 unspecified atom stereocenters. The summed E-state index contributed by atoms with van der Waals surface area (Å²) in [6, 6.07) is 12.1. The van der Waals surface area contributed by atoms with Gasteiger partial charge in [0.2, 0.25) is 11.8 Å². The predicted molar refractivity (Wildman–Crippen MR) is 105 cm³/mol. The quantitative estimate of drug-likeness (QED) is 0.784. The van der Waals surface area contributed by atoms with E-state index in [9.17, 15) is 24.3 Å². The summed E-state index contributed by atoms with van der Waals surface area (Å²) in [5.74, 6) is -1.82. The molecular weight excluding hydrogens is 384 g/mol. The number of carbonyl (C=O) groups excluding carboxylic acids is 4. The number of aromatic carboxylic acids is 1. The van der Waals surface area contributed by atoms with Gasteiger partial charge in [-0.1, -0.05) is 18.2 Å². The minimum absolute atomic E-state index is 0.0144. The first-order valence-corrected chi connectivity index (χ1v) is 10.0. The van der Waals surface area contributed by atoms with Crippen molar-refractivity contribution >= 4 is 35.1 Å². The molecule has 7 heteroatoms. The van der Waals surface area contributed by atoms with Crippen molar-refractivity contribution in [1.29, 1.82) is 0 Å². The van der Waals surface area contributed by atoms with E-state index in [1.165, 1.54) is 29.2 Å². The van der Waals surface area contributed by atoms with E-state index in [1.807, 2.05) is 0 Å². The molecule has 1 N–H and O–H groups in total. The standard InChI is InChI=1S/C23H20N2O5/c26-20(24-16-8-6-12(7-9-16)23(29)30)15-2-1-3-17(11-15)25-21(27)18-13-4-5-14(10-13)19(18)22(25)28/h1-3,6-9,11,13-14,18-19H,4-5,10H2,(H,24,26)(H,29,30)/p-1/t13-,14-,18-,19+/m0/s1. The molecule has 0 radical (unpaired) electrons. The Bertz CT molecular complexity index is 1050. The Balaban J connectivity index is 1.37. The van der Waals surface area contributed by atoms with Gasteiger partial charge in [-0.3, -0.25) is 19.3 Å². The van der Waals surface area contributed by atoms with Gasteiger partial charge >= 0.3 is 0 Å². The lowest BCUT2D eigenvalue weighted by Crippen LogP contribution is -2.33. The van der Waals surface area contributed by atoms with E-state index in [-0.39, 0.29) is 29.2 Å². The lowest BCUT2D eigenvalue weighted by molar-refractivity contribution is -0.255. The molecule has 2 aliphatic carbocycles. The fourth-order valence-corrected chi connectivity index (χ4v) is 5.34. The highest BCUT2D eigenvalue weighted by atomic mass is 16.4. The van der Waals surface area contributed by atoms with Gasteiger partial charge in [-0.15, -0.1) is 0 Å². The van der Waals surface area contributed by atoms with Gasteiger partial charge < -0.3 is 15.2 Å². The van der Waals surface area contributed by atoms with Crippen molar-refractivity contribution in [2.75, 3.05) is 10.2 Å². The number of anilines is 2. The minimum atomic E-state index is -1.29. The summed E-state index contributed by atoms with van der Waals surface area (Å²) in [6.07, 6.45) is 3.00. The molecule has 1 heterocycles. The van der Waals surface area contributed by atoms with Crippen LogP contribution in [-0.2, 0) is 9.59 Å². The van der Waals surface area contributed by atoms with E-state index in [1.54, 1.807) is 24.3 Å². The van der Waals surface area contributed by atoms with Crippen molar-refractivity contribution in [2.45, 2.75) is 19.3 Å². The lowest BCUT2D eigenvalue weighted by atomic mass is 9.81. The van der Waals surface area contributed by atoms with Crippen LogP contribution in [-0.4, -0.2) is 23.7 Å². The second kappa shape index (κ2) is 6.79. The number of carboxylic acids is 1. The van der Waals surface area contributed by atoms with Crippen LogP contribution in [0.25, 0.3) is 0 Å². The summed E-state index contributed by atoms with van der Waals surface area (Å²) < 4.78 is 0. The summed E-state index contributed by atoms with van der Waals surface area (Å²) in [4.78, 5) is 50.7. The lowest BCUT2D eigenvalue weighted by Gasteiger charge is -2.19. The number of imide groups is 1. The molecule has 5 rings (SSSR count). The van der Waals surface area contributed by atoms with Crippen molar-refractivity contribution < 1.29 is 24.3 Å². The maximum atomic E-state index is 13.0. The monoisotopic (exact) mass is 403 g/mol. The normalized spacial score (nSPS) is 26.7. The molecule has 3 aliphatic rings. The van der Waals surface area contributed by atoms with Gasteiger partial charge in [-0.05, 0) is 67.0 Å². The van der Waals surface area contributed by atoms with E-state index >= 15 is 0 Å². The summed E-state index contributed by atoms with van der Waals surface area (Å²) in [6.45, 7) is 0. The van der Waals surface area contributed by atoms with Crippen LogP contribution < -0.4 is 15.3 Å². The Labute approximate surface area is 172 Å². The number of carboxylic acid groups (broad SMARTS) is 1. The molecule has 1 saturated heterocycles. The molecule has 152 valence electrons. The third-order valence-electron chi connectivity index (χ3n) is 6.67. The van der Waals surface area contributed by atoms with E-state index in [0.717, 1.165) is 19.3 Å². The fourth-order valence-electron chi connectivity index (χ4n) is 5.34. The molecule has 2 aromatic rings. The van der Waals surface area contributed by atoms with Crippen molar-refractivity contribution in [3.05, 3.63) is 59.7 Å². The van der Waals surface area contributed by atoms with E-state index in [2.05, 4.69) is 5.32 Å². The molecule has 2 saturated carbocycles. The number of carbonyl (C=O) groups is 4. The molecule has 0 aromatic heterocycles. The van der Waals surface area contributed by atoms with Gasteiger partial charge in [-0.25, -0.2) is 0 Å². The highest BCUT2D eigenvalue weighted by Gasteiger charge is 2.61. The number of fused-ring (bicyclic) bond motifs is 5. The molecule has 3 fully saturated rings. The summed E-state index contributed by atoms with van der Waals surface area (Å²) in [7, 11) is 0. The van der Waals surface area contributed by atoms with Crippen LogP contribution >= 0.6 is 0 Å². The van der Waals surface area contributed by atoms with Gasteiger partial charge in [0.1, 0.15) is 0 Å². The first-order valence-electron chi connectivity index (χ1n) is 10.0. The van der Waals surface area contributed by atoms with E-state index in [0.29, 0.717) is 28.8 Å². The van der Waals surface area contributed by atoms with Crippen LogP contribution in [0.4, 0.5) is 11.4 Å². The van der Waals surface area contributed by atoms with Crippen molar-refractivity contribution in [1.82, 2.24) is 0 Å². The third kappa shape index (κ3) is 2.81. The molecular formula is C23H19N2O5-. The molecule has 0 spiro atoms. The van der Waals surface area contributed by atoms with Gasteiger partial charge in [0.15, 0.2) is 0 Å². The SMILES string of the molecule is O=C([O-])c1ccc(NC(=O)c2cccc(N3C(=O)[C@@H]4[C@H]5CC[C@@H](C5)[C@@H]4C3=O)c2)cc1. The molecule has 30 heavy (non-hydrogen) atoms. The summed E-state index contributed by atoms with van der Waals surface area (Å²) >= 11 is 0. The predicted octanol–water partition coefficient (Wildman–Crippen LogP) is 1.84. The largest absolute Gasteiger partial charge is 0.545 e. The van der Waals surface area contributed by atoms with Gasteiger partial charge in [0, 0.05) is 11.3 Å². The van der Waals surface area contributed by atoms with E-state index < -0.39 is 11.9 Å². The molecule has 4 atom stereocenters. The average Bonchev–Trinajstić information content (AvgIpc) is 3.42. The topological polar surface area (TPSA) is 107 Å². The van der Waals surface area contributed by atoms with Crippen LogP contribution in [0.5, 0.6) is 0 Å². The number of benzene rings is 2. The van der Waals surface area contributed by atoms with Crippen LogP contribution in [0.2, 0.25) is 0 Å². The number of nitrogens with one attached hydrogen (secondary N) is 1. The molecule has 1 aliphatic heterocycles. The van der Waals surface area contributed by atoms with Crippen molar-refractivity contribution in [3.63, 3.8) is 0 Å². The van der Waals surface area contributed by atoms with Crippen LogP contribution in [0.15, 0.2) is 48.5 Å². The van der Waals surface area contributed by atoms with Crippen LogP contribution in [0.3, 0.4) is 0 Å². The number of rotatable bonds is 4. The zero-order valence-corrected chi connectivity index (χ0v) is 16.0. The van der Waals surface area contributed by atoms with Crippen LogP contribution in [0, 0.1) is 23.7 Å². The third-order valence-corrected chi connectivity index (χ3v) is 6.67. The fraction of sp³-hybridized carbons (Fsp3) is 0.304. The number of nitrogens with zero attached hydrogens (tertiary/aromatic N) is 1. The van der Waals surface area contributed by atoms with Gasteiger partial charge in [-0.2, -0.15) is 0 Å². The summed E-state index contributed by atoms with van der Waals surface area (Å²) in [5.41, 5.74) is 1.16. The number of hydrogen-bond donors (Lipinski definition) is 1. The second-order valence-electron chi connectivity index (χ2n) is 8.27. The first-order chi connectivity index (χ1) is 14.4. The highest BCUT2D eigenvalue weighted by molar-refractivity contribution is 6.23. The van der Waals surface area contributed by atoms with Crippen molar-refractivity contribution in [2.24, 2.45) is 23.7 Å². The number of amides is 3. The maximum Gasteiger partial charge on any atom is 0.255 e. The van der Waals surface area contributed by atoms with Crippen molar-refractivity contribution in [3.8, 4) is 0 Å². The first kappa shape index (κ1) is 18.5. The Morgan fingerprint density at radius 1 is 0.900 bits per heavy atom. The molecule has 2 aromatic carbocycles. The minimum Gasteiger partial charge on any atom is -0.545 e. The number of hydrogen-bond acceptors (Lipinski definition) is 5.